The Kier molecular flexibility index (Phi) is 5.74. The summed E-state index contributed by atoms with van der Waals surface area (Å²) in [7, 11) is 0. The average molecular weight is 449 g/mol. The van der Waals surface area contributed by atoms with E-state index in [1.165, 1.54) is 4.90 Å². The Balaban J connectivity index is 1.16. The van der Waals surface area contributed by atoms with Gasteiger partial charge in [-0.05, 0) is 36.8 Å². The first-order valence-corrected chi connectivity index (χ1v) is 11.6. The molecule has 2 bridgehead atoms. The van der Waals surface area contributed by atoms with E-state index >= 15 is 0 Å². The van der Waals surface area contributed by atoms with E-state index in [9.17, 15) is 19.2 Å². The van der Waals surface area contributed by atoms with Crippen LogP contribution < -0.4 is 10.9 Å². The molecule has 4 heterocycles. The minimum Gasteiger partial charge on any atom is -0.342 e. The van der Waals surface area contributed by atoms with Crippen molar-refractivity contribution in [2.75, 3.05) is 19.6 Å². The van der Waals surface area contributed by atoms with E-state index in [4.69, 9.17) is 0 Å². The Morgan fingerprint density at radius 2 is 1.79 bits per heavy atom. The number of urea groups is 1. The standard InChI is InChI=1S/C25H28N4O4/c30-22(27-14-18-13-19(16-27)21-7-4-8-23(31)29(21)15-18)10-9-20-24(32)28(25(33)26-20)12-11-17-5-2-1-3-6-17/h1-8,18-20H,9-16H2,(H,26,33)/t18?,19?,20-/m0/s1. The van der Waals surface area contributed by atoms with Crippen LogP contribution in [0.3, 0.4) is 0 Å². The molecule has 0 saturated carbocycles. The molecule has 3 atom stereocenters. The Labute approximate surface area is 192 Å². The Morgan fingerprint density at radius 3 is 2.61 bits per heavy atom. The highest BCUT2D eigenvalue weighted by atomic mass is 16.2. The number of piperidine rings is 1. The van der Waals surface area contributed by atoms with Crippen LogP contribution >= 0.6 is 0 Å². The molecule has 5 rings (SSSR count). The van der Waals surface area contributed by atoms with Gasteiger partial charge in [0.25, 0.3) is 11.5 Å². The van der Waals surface area contributed by atoms with Gasteiger partial charge in [0.1, 0.15) is 6.04 Å². The number of aromatic nitrogens is 1. The Hall–Kier alpha value is -3.42. The van der Waals surface area contributed by atoms with E-state index in [2.05, 4.69) is 5.32 Å². The molecule has 0 radical (unpaired) electrons. The van der Waals surface area contributed by atoms with Crippen molar-refractivity contribution < 1.29 is 14.4 Å². The molecule has 4 amide bonds. The SMILES string of the molecule is O=C(CC[C@@H]1NC(=O)N(CCc2ccccc2)C1=O)N1CC2CC(C1)c1cccc(=O)n1C2. The number of imide groups is 1. The van der Waals surface area contributed by atoms with Gasteiger partial charge >= 0.3 is 6.03 Å². The maximum atomic E-state index is 13.0. The molecule has 172 valence electrons. The number of nitrogens with one attached hydrogen (secondary N) is 1. The van der Waals surface area contributed by atoms with Gasteiger partial charge in [0, 0.05) is 50.3 Å². The summed E-state index contributed by atoms with van der Waals surface area (Å²) in [5, 5.41) is 2.74. The molecule has 1 aromatic heterocycles. The molecule has 1 aromatic carbocycles. The van der Waals surface area contributed by atoms with Gasteiger partial charge in [0.05, 0.1) is 0 Å². The predicted octanol–water partition coefficient (Wildman–Crippen LogP) is 1.74. The van der Waals surface area contributed by atoms with Crippen LogP contribution in [0.4, 0.5) is 4.79 Å². The molecule has 2 saturated heterocycles. The van der Waals surface area contributed by atoms with Crippen LogP contribution in [-0.4, -0.2) is 57.9 Å². The number of likely N-dealkylation sites (tertiary alicyclic amines) is 1. The maximum Gasteiger partial charge on any atom is 0.324 e. The zero-order chi connectivity index (χ0) is 22.9. The third kappa shape index (κ3) is 4.29. The highest BCUT2D eigenvalue weighted by molar-refractivity contribution is 6.04. The summed E-state index contributed by atoms with van der Waals surface area (Å²) < 4.78 is 1.84. The van der Waals surface area contributed by atoms with E-state index in [1.54, 1.807) is 12.1 Å². The van der Waals surface area contributed by atoms with Gasteiger partial charge in [0.15, 0.2) is 0 Å². The van der Waals surface area contributed by atoms with E-state index < -0.39 is 6.04 Å². The van der Waals surface area contributed by atoms with Crippen LogP contribution in [0.15, 0.2) is 53.3 Å². The number of pyridine rings is 1. The van der Waals surface area contributed by atoms with Crippen LogP contribution in [0.2, 0.25) is 0 Å². The number of carbonyl (C=O) groups excluding carboxylic acids is 3. The van der Waals surface area contributed by atoms with Crippen molar-refractivity contribution in [1.29, 1.82) is 0 Å². The Bertz CT molecular complexity index is 1130. The fraction of sp³-hybridized carbons (Fsp3) is 0.440. The number of carbonyl (C=O) groups is 3. The summed E-state index contributed by atoms with van der Waals surface area (Å²) in [5.74, 6) is 0.173. The second kappa shape index (κ2) is 8.84. The van der Waals surface area contributed by atoms with Gasteiger partial charge in [0.2, 0.25) is 5.91 Å². The summed E-state index contributed by atoms with van der Waals surface area (Å²) in [6.07, 6.45) is 2.10. The second-order valence-corrected chi connectivity index (χ2v) is 9.26. The van der Waals surface area contributed by atoms with Gasteiger partial charge < -0.3 is 14.8 Å². The largest absolute Gasteiger partial charge is 0.342 e. The summed E-state index contributed by atoms with van der Waals surface area (Å²) >= 11 is 0. The molecule has 3 aliphatic heterocycles. The molecular weight excluding hydrogens is 420 g/mol. The van der Waals surface area contributed by atoms with Crippen molar-refractivity contribution in [3.05, 3.63) is 70.1 Å². The van der Waals surface area contributed by atoms with Crippen molar-refractivity contribution in [2.24, 2.45) is 5.92 Å². The minimum absolute atomic E-state index is 0.00112. The lowest BCUT2D eigenvalue weighted by molar-refractivity contribution is -0.134. The maximum absolute atomic E-state index is 13.0. The predicted molar refractivity (Wildman–Crippen MR) is 122 cm³/mol. The zero-order valence-electron chi connectivity index (χ0n) is 18.5. The monoisotopic (exact) mass is 448 g/mol. The van der Waals surface area contributed by atoms with Gasteiger partial charge in [-0.2, -0.15) is 0 Å². The normalized spacial score (nSPS) is 23.9. The second-order valence-electron chi connectivity index (χ2n) is 9.26. The van der Waals surface area contributed by atoms with E-state index in [0.717, 1.165) is 17.7 Å². The molecule has 8 nitrogen and oxygen atoms in total. The molecule has 0 aliphatic carbocycles. The number of hydrogen-bond donors (Lipinski definition) is 1. The van der Waals surface area contributed by atoms with E-state index in [1.807, 2.05) is 45.9 Å². The van der Waals surface area contributed by atoms with Crippen molar-refractivity contribution in [3.8, 4) is 0 Å². The van der Waals surface area contributed by atoms with Gasteiger partial charge in [-0.15, -0.1) is 0 Å². The highest BCUT2D eigenvalue weighted by Crippen LogP contribution is 2.35. The summed E-state index contributed by atoms with van der Waals surface area (Å²) in [4.78, 5) is 53.3. The summed E-state index contributed by atoms with van der Waals surface area (Å²) in [6.45, 7) is 2.19. The molecule has 1 N–H and O–H groups in total. The number of rotatable bonds is 6. The first-order chi connectivity index (χ1) is 16.0. The molecule has 2 fully saturated rings. The van der Waals surface area contributed by atoms with Crippen molar-refractivity contribution >= 4 is 17.8 Å². The fourth-order valence-corrected chi connectivity index (χ4v) is 5.40. The number of nitrogens with zero attached hydrogens (tertiary/aromatic N) is 3. The quantitative estimate of drug-likeness (QED) is 0.682. The van der Waals surface area contributed by atoms with Crippen LogP contribution in [0.1, 0.15) is 36.4 Å². The first kappa shape index (κ1) is 21.4. The average Bonchev–Trinajstić information content (AvgIpc) is 3.09. The summed E-state index contributed by atoms with van der Waals surface area (Å²) in [5.41, 5.74) is 2.09. The summed E-state index contributed by atoms with van der Waals surface area (Å²) in [6, 6.07) is 14.0. The topological polar surface area (TPSA) is 91.7 Å². The molecule has 0 spiro atoms. The lowest BCUT2D eigenvalue weighted by Crippen LogP contribution is -2.49. The van der Waals surface area contributed by atoms with Crippen LogP contribution in [0, 0.1) is 5.92 Å². The van der Waals surface area contributed by atoms with Crippen molar-refractivity contribution in [1.82, 2.24) is 19.7 Å². The Morgan fingerprint density at radius 1 is 0.970 bits per heavy atom. The first-order valence-electron chi connectivity index (χ1n) is 11.6. The van der Waals surface area contributed by atoms with Gasteiger partial charge in [-0.1, -0.05) is 36.4 Å². The lowest BCUT2D eigenvalue weighted by Gasteiger charge is -2.42. The van der Waals surface area contributed by atoms with Gasteiger partial charge in [-0.3, -0.25) is 19.3 Å². The van der Waals surface area contributed by atoms with Crippen LogP contribution in [0.5, 0.6) is 0 Å². The number of hydrogen-bond acceptors (Lipinski definition) is 4. The third-order valence-corrected chi connectivity index (χ3v) is 7.05. The third-order valence-electron chi connectivity index (χ3n) is 7.05. The van der Waals surface area contributed by atoms with E-state index in [0.29, 0.717) is 39.0 Å². The zero-order valence-corrected chi connectivity index (χ0v) is 18.5. The molecule has 3 aliphatic rings. The van der Waals surface area contributed by atoms with Gasteiger partial charge in [-0.25, -0.2) is 4.79 Å². The van der Waals surface area contributed by atoms with Crippen molar-refractivity contribution in [3.63, 3.8) is 0 Å². The number of fused-ring (bicyclic) bond motifs is 4. The smallest absolute Gasteiger partial charge is 0.324 e. The van der Waals surface area contributed by atoms with Crippen LogP contribution in [0.25, 0.3) is 0 Å². The number of benzene rings is 1. The number of amides is 4. The molecule has 8 heteroatoms. The molecule has 33 heavy (non-hydrogen) atoms. The van der Waals surface area contributed by atoms with E-state index in [-0.39, 0.29) is 41.7 Å². The highest BCUT2D eigenvalue weighted by Gasteiger charge is 2.39. The molecule has 2 unspecified atom stereocenters. The minimum atomic E-state index is -0.652. The molecule has 2 aromatic rings. The van der Waals surface area contributed by atoms with Crippen molar-refractivity contribution in [2.45, 2.75) is 44.2 Å². The lowest BCUT2D eigenvalue weighted by atomic mass is 9.83. The molecular formula is C25H28N4O4. The fourth-order valence-electron chi connectivity index (χ4n) is 5.40. The van der Waals surface area contributed by atoms with Crippen LogP contribution in [-0.2, 0) is 22.6 Å².